The van der Waals surface area contributed by atoms with E-state index in [0.717, 1.165) is 18.4 Å². The van der Waals surface area contributed by atoms with E-state index in [0.29, 0.717) is 11.1 Å². The fraction of sp³-hybridized carbons (Fsp3) is 0.571. The molecule has 0 bridgehead atoms. The first-order valence-electron chi connectivity index (χ1n) is 6.09. The van der Waals surface area contributed by atoms with Crippen molar-refractivity contribution in [3.05, 3.63) is 34.6 Å². The lowest BCUT2D eigenvalue weighted by Gasteiger charge is -2.20. The van der Waals surface area contributed by atoms with Crippen molar-refractivity contribution in [1.29, 1.82) is 0 Å². The smallest absolute Gasteiger partial charge is 0.129 e. The lowest BCUT2D eigenvalue weighted by molar-refractivity contribution is -0.0298. The van der Waals surface area contributed by atoms with Crippen LogP contribution in [0.25, 0.3) is 0 Å². The van der Waals surface area contributed by atoms with Crippen molar-refractivity contribution < 1.29 is 14.2 Å². The number of aliphatic hydroxyl groups excluding tert-OH is 1. The molecule has 0 aliphatic carbocycles. The molecule has 1 aromatic rings. The van der Waals surface area contributed by atoms with Crippen LogP contribution < -0.4 is 0 Å². The minimum atomic E-state index is -0.655. The molecule has 0 spiro atoms. The second-order valence-corrected chi connectivity index (χ2v) is 4.98. The lowest BCUT2D eigenvalue weighted by Crippen LogP contribution is -2.19. The molecule has 1 aromatic carbocycles. The summed E-state index contributed by atoms with van der Waals surface area (Å²) < 4.78 is 19.1. The SMILES string of the molecule is Cc1cc(C(O)C2CCC(C)O2)cc(C)c1F. The van der Waals surface area contributed by atoms with Crippen LogP contribution in [0, 0.1) is 19.7 Å². The molecule has 2 nitrogen and oxygen atoms in total. The predicted octanol–water partition coefficient (Wildman–Crippen LogP) is 3.04. The maximum absolute atomic E-state index is 13.5. The summed E-state index contributed by atoms with van der Waals surface area (Å²) in [7, 11) is 0. The van der Waals surface area contributed by atoms with E-state index in [4.69, 9.17) is 4.74 Å². The van der Waals surface area contributed by atoms with Gasteiger partial charge in [-0.1, -0.05) is 12.1 Å². The Morgan fingerprint density at radius 3 is 2.35 bits per heavy atom. The molecule has 94 valence electrons. The third-order valence-electron chi connectivity index (χ3n) is 3.42. The van der Waals surface area contributed by atoms with Gasteiger partial charge in [-0.05, 0) is 50.3 Å². The van der Waals surface area contributed by atoms with Crippen molar-refractivity contribution >= 4 is 0 Å². The molecule has 1 saturated heterocycles. The quantitative estimate of drug-likeness (QED) is 0.858. The normalized spacial score (nSPS) is 26.2. The number of aliphatic hydroxyl groups is 1. The molecule has 1 aliphatic heterocycles. The molecule has 3 atom stereocenters. The molecular weight excluding hydrogens is 219 g/mol. The molecule has 3 unspecified atom stereocenters. The Bertz CT molecular complexity index is 394. The Morgan fingerprint density at radius 2 is 1.88 bits per heavy atom. The van der Waals surface area contributed by atoms with E-state index >= 15 is 0 Å². The molecular formula is C14H19FO2. The first-order valence-corrected chi connectivity index (χ1v) is 6.09. The van der Waals surface area contributed by atoms with E-state index in [1.807, 2.05) is 6.92 Å². The number of benzene rings is 1. The summed E-state index contributed by atoms with van der Waals surface area (Å²) in [6.07, 6.45) is 1.23. The topological polar surface area (TPSA) is 29.5 Å². The van der Waals surface area contributed by atoms with E-state index in [1.54, 1.807) is 26.0 Å². The summed E-state index contributed by atoms with van der Waals surface area (Å²) in [4.78, 5) is 0. The van der Waals surface area contributed by atoms with Gasteiger partial charge in [-0.25, -0.2) is 4.39 Å². The van der Waals surface area contributed by atoms with Gasteiger partial charge in [0.15, 0.2) is 0 Å². The zero-order valence-electron chi connectivity index (χ0n) is 10.5. The number of hydrogen-bond acceptors (Lipinski definition) is 2. The number of aryl methyl sites for hydroxylation is 2. The van der Waals surface area contributed by atoms with Crippen LogP contribution in [0.1, 0.15) is 42.6 Å². The Kier molecular flexibility index (Phi) is 3.50. The van der Waals surface area contributed by atoms with Crippen LogP contribution in [0.15, 0.2) is 12.1 Å². The van der Waals surface area contributed by atoms with E-state index in [2.05, 4.69) is 0 Å². The molecule has 1 heterocycles. The van der Waals surface area contributed by atoms with Crippen LogP contribution in [0.3, 0.4) is 0 Å². The van der Waals surface area contributed by atoms with Gasteiger partial charge < -0.3 is 9.84 Å². The summed E-state index contributed by atoms with van der Waals surface area (Å²) in [6.45, 7) is 5.45. The van der Waals surface area contributed by atoms with Crippen LogP contribution in [-0.2, 0) is 4.74 Å². The van der Waals surface area contributed by atoms with Gasteiger partial charge in [-0.2, -0.15) is 0 Å². The summed E-state index contributed by atoms with van der Waals surface area (Å²) in [5.41, 5.74) is 1.90. The predicted molar refractivity (Wildman–Crippen MR) is 64.4 cm³/mol. The van der Waals surface area contributed by atoms with Crippen LogP contribution in [0.5, 0.6) is 0 Å². The molecule has 0 amide bonds. The second-order valence-electron chi connectivity index (χ2n) is 4.98. The zero-order chi connectivity index (χ0) is 12.6. The van der Waals surface area contributed by atoms with Crippen LogP contribution in [0.2, 0.25) is 0 Å². The molecule has 2 rings (SSSR count). The highest BCUT2D eigenvalue weighted by Gasteiger charge is 2.29. The number of ether oxygens (including phenoxy) is 1. The van der Waals surface area contributed by atoms with Gasteiger partial charge in [0.1, 0.15) is 11.9 Å². The maximum Gasteiger partial charge on any atom is 0.129 e. The molecule has 0 radical (unpaired) electrons. The molecule has 3 heteroatoms. The third kappa shape index (κ3) is 2.50. The number of rotatable bonds is 2. The lowest BCUT2D eigenvalue weighted by atomic mass is 9.98. The van der Waals surface area contributed by atoms with Crippen LogP contribution in [-0.4, -0.2) is 17.3 Å². The Morgan fingerprint density at radius 1 is 1.29 bits per heavy atom. The average molecular weight is 238 g/mol. The summed E-state index contributed by atoms with van der Waals surface area (Å²) >= 11 is 0. The Balaban J connectivity index is 2.22. The molecule has 1 aliphatic rings. The van der Waals surface area contributed by atoms with Gasteiger partial charge in [0.05, 0.1) is 12.2 Å². The molecule has 17 heavy (non-hydrogen) atoms. The van der Waals surface area contributed by atoms with Crippen molar-refractivity contribution in [3.8, 4) is 0 Å². The number of hydrogen-bond donors (Lipinski definition) is 1. The third-order valence-corrected chi connectivity index (χ3v) is 3.42. The molecule has 1 fully saturated rings. The molecule has 0 aromatic heterocycles. The summed E-state index contributed by atoms with van der Waals surface area (Å²) in [6, 6.07) is 3.42. The van der Waals surface area contributed by atoms with Crippen molar-refractivity contribution in [2.45, 2.75) is 51.9 Å². The molecule has 1 N–H and O–H groups in total. The highest BCUT2D eigenvalue weighted by Crippen LogP contribution is 2.31. The number of halogens is 1. The first-order chi connectivity index (χ1) is 7.99. The van der Waals surface area contributed by atoms with Gasteiger partial charge >= 0.3 is 0 Å². The fourth-order valence-electron chi connectivity index (χ4n) is 2.43. The van der Waals surface area contributed by atoms with E-state index < -0.39 is 6.10 Å². The summed E-state index contributed by atoms with van der Waals surface area (Å²) in [5, 5.41) is 10.2. The average Bonchev–Trinajstić information content (AvgIpc) is 2.71. The Labute approximate surface area is 101 Å². The van der Waals surface area contributed by atoms with Gasteiger partial charge in [0.25, 0.3) is 0 Å². The summed E-state index contributed by atoms with van der Waals surface area (Å²) in [5.74, 6) is -0.193. The van der Waals surface area contributed by atoms with Crippen LogP contribution in [0.4, 0.5) is 4.39 Å². The van der Waals surface area contributed by atoms with Crippen LogP contribution >= 0.6 is 0 Å². The highest BCUT2D eigenvalue weighted by atomic mass is 19.1. The highest BCUT2D eigenvalue weighted by molar-refractivity contribution is 5.32. The van der Waals surface area contributed by atoms with E-state index in [9.17, 15) is 9.50 Å². The van der Waals surface area contributed by atoms with Gasteiger partial charge in [-0.3, -0.25) is 0 Å². The fourth-order valence-corrected chi connectivity index (χ4v) is 2.43. The van der Waals surface area contributed by atoms with Gasteiger partial charge in [0, 0.05) is 0 Å². The van der Waals surface area contributed by atoms with Crippen molar-refractivity contribution in [1.82, 2.24) is 0 Å². The van der Waals surface area contributed by atoms with Crippen molar-refractivity contribution in [2.75, 3.05) is 0 Å². The van der Waals surface area contributed by atoms with Crippen molar-refractivity contribution in [3.63, 3.8) is 0 Å². The van der Waals surface area contributed by atoms with Crippen molar-refractivity contribution in [2.24, 2.45) is 0 Å². The Hall–Kier alpha value is -0.930. The largest absolute Gasteiger partial charge is 0.386 e. The van der Waals surface area contributed by atoms with E-state index in [1.165, 1.54) is 0 Å². The zero-order valence-corrected chi connectivity index (χ0v) is 10.5. The van der Waals surface area contributed by atoms with E-state index in [-0.39, 0.29) is 18.0 Å². The van der Waals surface area contributed by atoms with Gasteiger partial charge in [0.2, 0.25) is 0 Å². The molecule has 0 saturated carbocycles. The second kappa shape index (κ2) is 4.75. The minimum absolute atomic E-state index is 0.158. The standard InChI is InChI=1S/C14H19FO2/c1-8-6-11(7-9(2)13(8)15)14(16)12-5-4-10(3)17-12/h6-7,10,12,14,16H,4-5H2,1-3H3. The minimum Gasteiger partial charge on any atom is -0.386 e. The monoisotopic (exact) mass is 238 g/mol. The van der Waals surface area contributed by atoms with Gasteiger partial charge in [-0.15, -0.1) is 0 Å². The first kappa shape index (κ1) is 12.5. The maximum atomic E-state index is 13.5.